The molecule has 2 aromatic carbocycles. The van der Waals surface area contributed by atoms with Crippen LogP contribution < -0.4 is 5.32 Å². The van der Waals surface area contributed by atoms with Crippen LogP contribution in [0.1, 0.15) is 29.3 Å². The van der Waals surface area contributed by atoms with Crippen LogP contribution in [-0.2, 0) is 6.54 Å². The minimum absolute atomic E-state index is 0.207. The summed E-state index contributed by atoms with van der Waals surface area (Å²) < 4.78 is 0. The molecule has 9 heteroatoms. The Morgan fingerprint density at radius 3 is 2.81 bits per heavy atom. The number of H-pyrrole nitrogens is 2. The highest BCUT2D eigenvalue weighted by molar-refractivity contribution is 7.09. The highest BCUT2D eigenvalue weighted by atomic mass is 32.1. The van der Waals surface area contributed by atoms with Crippen LogP contribution >= 0.6 is 11.3 Å². The van der Waals surface area contributed by atoms with Gasteiger partial charge in [0, 0.05) is 60.1 Å². The Hall–Kier alpha value is -3.53. The first-order valence-electron chi connectivity index (χ1n) is 12.3. The van der Waals surface area contributed by atoms with E-state index in [-0.39, 0.29) is 5.91 Å². The quantitative estimate of drug-likeness (QED) is 0.308. The Morgan fingerprint density at radius 1 is 1.11 bits per heavy atom. The van der Waals surface area contributed by atoms with Gasteiger partial charge in [-0.1, -0.05) is 12.1 Å². The summed E-state index contributed by atoms with van der Waals surface area (Å²) in [7, 11) is 0. The van der Waals surface area contributed by atoms with E-state index in [2.05, 4.69) is 73.4 Å². The van der Waals surface area contributed by atoms with Crippen LogP contribution in [0.25, 0.3) is 32.9 Å². The molecule has 0 bridgehead atoms. The first kappa shape index (κ1) is 22.9. The Morgan fingerprint density at radius 2 is 1.97 bits per heavy atom. The SMILES string of the molecule is CC(C)N1CCN(Cc2nc(C(=O)Nc3cc(-c4cccc5[nH]ccc45)cc4[nH]ncc34)cs2)CC1. The van der Waals surface area contributed by atoms with Crippen LogP contribution in [0.2, 0.25) is 0 Å². The fraction of sp³-hybridized carbons (Fsp3) is 0.296. The molecule has 3 aromatic heterocycles. The van der Waals surface area contributed by atoms with Crippen molar-refractivity contribution in [3.8, 4) is 11.1 Å². The highest BCUT2D eigenvalue weighted by Gasteiger charge is 2.21. The molecule has 0 radical (unpaired) electrons. The second-order valence-electron chi connectivity index (χ2n) is 9.59. The first-order valence-corrected chi connectivity index (χ1v) is 13.2. The Balaban J connectivity index is 1.21. The molecular formula is C27H29N7OS. The number of aromatic amines is 2. The molecule has 4 heterocycles. The van der Waals surface area contributed by atoms with Crippen LogP contribution in [-0.4, -0.2) is 68.1 Å². The number of carbonyl (C=O) groups excluding carboxylic acids is 1. The Bertz CT molecular complexity index is 1520. The number of nitrogens with one attached hydrogen (secondary N) is 3. The van der Waals surface area contributed by atoms with Crippen molar-refractivity contribution in [1.82, 2.24) is 30.0 Å². The highest BCUT2D eigenvalue weighted by Crippen LogP contribution is 2.34. The second-order valence-corrected chi connectivity index (χ2v) is 10.5. The zero-order chi connectivity index (χ0) is 24.6. The fourth-order valence-corrected chi connectivity index (χ4v) is 5.77. The third-order valence-corrected chi connectivity index (χ3v) is 7.83. The monoisotopic (exact) mass is 499 g/mol. The molecule has 0 atom stereocenters. The topological polar surface area (TPSA) is 92.9 Å². The lowest BCUT2D eigenvalue weighted by atomic mass is 9.99. The van der Waals surface area contributed by atoms with Gasteiger partial charge in [-0.3, -0.25) is 19.7 Å². The summed E-state index contributed by atoms with van der Waals surface area (Å²) in [6, 6.07) is 12.9. The number of hydrogen-bond donors (Lipinski definition) is 3. The van der Waals surface area contributed by atoms with E-state index in [0.717, 1.165) is 70.7 Å². The van der Waals surface area contributed by atoms with Gasteiger partial charge in [-0.15, -0.1) is 11.3 Å². The van der Waals surface area contributed by atoms with E-state index in [1.165, 1.54) is 0 Å². The zero-order valence-electron chi connectivity index (χ0n) is 20.4. The van der Waals surface area contributed by atoms with Crippen molar-refractivity contribution >= 4 is 44.7 Å². The van der Waals surface area contributed by atoms with Crippen LogP contribution in [0.5, 0.6) is 0 Å². The van der Waals surface area contributed by atoms with Gasteiger partial charge in [0.25, 0.3) is 5.91 Å². The molecule has 1 aliphatic heterocycles. The summed E-state index contributed by atoms with van der Waals surface area (Å²) in [5.74, 6) is -0.207. The summed E-state index contributed by atoms with van der Waals surface area (Å²) in [5, 5.41) is 15.2. The van der Waals surface area contributed by atoms with Crippen LogP contribution in [0.3, 0.4) is 0 Å². The van der Waals surface area contributed by atoms with Crippen LogP contribution in [0.4, 0.5) is 5.69 Å². The van der Waals surface area contributed by atoms with Gasteiger partial charge in [0.1, 0.15) is 10.7 Å². The first-order chi connectivity index (χ1) is 17.5. The number of amides is 1. The summed E-state index contributed by atoms with van der Waals surface area (Å²) >= 11 is 1.55. The molecule has 1 amide bonds. The lowest BCUT2D eigenvalue weighted by Gasteiger charge is -2.36. The molecule has 3 N–H and O–H groups in total. The molecule has 184 valence electrons. The standard InChI is InChI=1S/C27H29N7OS/c1-17(2)34-10-8-33(9-11-34)15-26-30-25(16-36-26)27(35)31-23-12-18(13-24-21(23)14-29-32-24)19-4-3-5-22-20(19)6-7-28-22/h3-7,12-14,16-17,28H,8-11,15H2,1-2H3,(H,29,32)(H,31,35). The van der Waals surface area contributed by atoms with Crippen molar-refractivity contribution in [3.05, 3.63) is 64.9 Å². The third kappa shape index (κ3) is 4.41. The molecule has 0 unspecified atom stereocenters. The number of hydrogen-bond acceptors (Lipinski definition) is 6. The van der Waals surface area contributed by atoms with E-state index in [4.69, 9.17) is 0 Å². The second kappa shape index (κ2) is 9.50. The number of nitrogens with zero attached hydrogens (tertiary/aromatic N) is 4. The van der Waals surface area contributed by atoms with Crippen molar-refractivity contribution in [2.75, 3.05) is 31.5 Å². The summed E-state index contributed by atoms with van der Waals surface area (Å²) in [6.45, 7) is 9.47. The van der Waals surface area contributed by atoms with E-state index >= 15 is 0 Å². The molecule has 5 aromatic rings. The molecule has 6 rings (SSSR count). The van der Waals surface area contributed by atoms with Gasteiger partial charge in [0.2, 0.25) is 0 Å². The fourth-order valence-electron chi connectivity index (χ4n) is 4.95. The minimum Gasteiger partial charge on any atom is -0.361 e. The third-order valence-electron chi connectivity index (χ3n) is 6.99. The maximum Gasteiger partial charge on any atom is 0.275 e. The summed E-state index contributed by atoms with van der Waals surface area (Å²) in [4.78, 5) is 26.0. The van der Waals surface area contributed by atoms with Gasteiger partial charge < -0.3 is 10.3 Å². The van der Waals surface area contributed by atoms with Gasteiger partial charge in [-0.25, -0.2) is 4.98 Å². The molecule has 8 nitrogen and oxygen atoms in total. The van der Waals surface area contributed by atoms with Gasteiger partial charge in [-0.05, 0) is 49.2 Å². The molecule has 0 saturated carbocycles. The van der Waals surface area contributed by atoms with Gasteiger partial charge in [0.15, 0.2) is 0 Å². The molecule has 36 heavy (non-hydrogen) atoms. The number of carbonyl (C=O) groups is 1. The van der Waals surface area contributed by atoms with Crippen LogP contribution in [0, 0.1) is 0 Å². The number of rotatable bonds is 6. The Labute approximate surface area is 213 Å². The number of thiazole rings is 1. The number of piperazine rings is 1. The molecule has 0 spiro atoms. The van der Waals surface area contributed by atoms with Crippen molar-refractivity contribution < 1.29 is 4.79 Å². The number of aromatic nitrogens is 4. The number of fused-ring (bicyclic) bond motifs is 2. The average molecular weight is 500 g/mol. The molecule has 1 fully saturated rings. The predicted octanol–water partition coefficient (Wildman–Crippen LogP) is 4.95. The van der Waals surface area contributed by atoms with Crippen molar-refractivity contribution in [3.63, 3.8) is 0 Å². The lowest BCUT2D eigenvalue weighted by Crippen LogP contribution is -2.48. The smallest absolute Gasteiger partial charge is 0.275 e. The average Bonchev–Trinajstić information content (AvgIpc) is 3.64. The predicted molar refractivity (Wildman–Crippen MR) is 145 cm³/mol. The molecule has 1 aliphatic rings. The minimum atomic E-state index is -0.207. The maximum atomic E-state index is 13.2. The van der Waals surface area contributed by atoms with E-state index < -0.39 is 0 Å². The van der Waals surface area contributed by atoms with Crippen LogP contribution in [0.15, 0.2) is 54.2 Å². The van der Waals surface area contributed by atoms with Crippen molar-refractivity contribution in [2.45, 2.75) is 26.4 Å². The molecular weight excluding hydrogens is 470 g/mol. The summed E-state index contributed by atoms with van der Waals surface area (Å²) in [6.07, 6.45) is 3.69. The number of benzene rings is 2. The largest absolute Gasteiger partial charge is 0.361 e. The van der Waals surface area contributed by atoms with Crippen molar-refractivity contribution in [1.29, 1.82) is 0 Å². The van der Waals surface area contributed by atoms with Gasteiger partial charge in [-0.2, -0.15) is 5.10 Å². The lowest BCUT2D eigenvalue weighted by molar-refractivity contribution is 0.101. The number of anilines is 1. The van der Waals surface area contributed by atoms with E-state index in [0.29, 0.717) is 17.4 Å². The molecule has 1 saturated heterocycles. The normalized spacial score (nSPS) is 15.3. The summed E-state index contributed by atoms with van der Waals surface area (Å²) in [5.41, 5.74) is 5.21. The van der Waals surface area contributed by atoms with E-state index in [9.17, 15) is 4.79 Å². The molecule has 0 aliphatic carbocycles. The Kier molecular flexibility index (Phi) is 6.04. The maximum absolute atomic E-state index is 13.2. The zero-order valence-corrected chi connectivity index (χ0v) is 21.2. The van der Waals surface area contributed by atoms with Crippen molar-refractivity contribution in [2.24, 2.45) is 0 Å². The van der Waals surface area contributed by atoms with Gasteiger partial charge in [0.05, 0.1) is 23.9 Å². The van der Waals surface area contributed by atoms with E-state index in [1.54, 1.807) is 17.5 Å². The van der Waals surface area contributed by atoms with E-state index in [1.807, 2.05) is 23.7 Å². The van der Waals surface area contributed by atoms with Gasteiger partial charge >= 0.3 is 0 Å².